The highest BCUT2D eigenvalue weighted by atomic mass is 32.2. The van der Waals surface area contributed by atoms with Crippen molar-refractivity contribution in [3.05, 3.63) is 41.8 Å². The van der Waals surface area contributed by atoms with Gasteiger partial charge in [0.05, 0.1) is 10.8 Å². The number of fused-ring (bicyclic) bond motifs is 1. The third kappa shape index (κ3) is 3.76. The topological polar surface area (TPSA) is 64.7 Å². The van der Waals surface area contributed by atoms with Crippen molar-refractivity contribution in [1.82, 2.24) is 20.1 Å². The van der Waals surface area contributed by atoms with E-state index < -0.39 is 12.0 Å². The lowest BCUT2D eigenvalue weighted by Gasteiger charge is -2.12. The minimum Gasteiger partial charge on any atom is -0.338 e. The number of benzene rings is 1. The van der Waals surface area contributed by atoms with E-state index in [2.05, 4.69) is 20.1 Å². The van der Waals surface area contributed by atoms with Gasteiger partial charge in [-0.25, -0.2) is 9.97 Å². The molecule has 2 aromatic heterocycles. The Hall–Kier alpha value is -2.16. The summed E-state index contributed by atoms with van der Waals surface area (Å²) in [7, 11) is 0. The molecular formula is C16H15F3N4OS. The molecular weight excluding hydrogens is 353 g/mol. The first-order valence-corrected chi connectivity index (χ1v) is 8.48. The number of nitrogens with zero attached hydrogens (tertiary/aromatic N) is 4. The van der Waals surface area contributed by atoms with Crippen LogP contribution in [0.15, 0.2) is 33.8 Å². The van der Waals surface area contributed by atoms with Crippen LogP contribution in [0.4, 0.5) is 13.2 Å². The zero-order valence-corrected chi connectivity index (χ0v) is 14.5. The smallest absolute Gasteiger partial charge is 0.338 e. The van der Waals surface area contributed by atoms with Gasteiger partial charge in [-0.3, -0.25) is 0 Å². The molecule has 9 heteroatoms. The van der Waals surface area contributed by atoms with Crippen molar-refractivity contribution < 1.29 is 17.7 Å². The van der Waals surface area contributed by atoms with Crippen LogP contribution in [0.5, 0.6) is 0 Å². The summed E-state index contributed by atoms with van der Waals surface area (Å²) in [6.07, 6.45) is -4.61. The summed E-state index contributed by atoms with van der Waals surface area (Å²) in [5.74, 6) is -0.142. The molecule has 3 rings (SSSR count). The van der Waals surface area contributed by atoms with E-state index in [-0.39, 0.29) is 21.7 Å². The zero-order chi connectivity index (χ0) is 18.2. The first-order chi connectivity index (χ1) is 11.8. The summed E-state index contributed by atoms with van der Waals surface area (Å²) in [4.78, 5) is 11.6. The Kier molecular flexibility index (Phi) is 4.68. The lowest BCUT2D eigenvalue weighted by molar-refractivity contribution is -0.145. The number of rotatable bonds is 4. The molecule has 0 bridgehead atoms. The molecule has 1 aromatic carbocycles. The molecule has 25 heavy (non-hydrogen) atoms. The third-order valence-corrected chi connectivity index (χ3v) is 4.52. The van der Waals surface area contributed by atoms with Crippen molar-refractivity contribution in [3.8, 4) is 0 Å². The van der Waals surface area contributed by atoms with Crippen molar-refractivity contribution in [2.45, 2.75) is 43.1 Å². The van der Waals surface area contributed by atoms with Gasteiger partial charge in [-0.15, -0.1) is 0 Å². The average molecular weight is 368 g/mol. The van der Waals surface area contributed by atoms with Gasteiger partial charge in [0.25, 0.3) is 0 Å². The molecule has 0 saturated carbocycles. The first-order valence-electron chi connectivity index (χ1n) is 7.60. The molecule has 5 nitrogen and oxygen atoms in total. The maximum absolute atomic E-state index is 13.1. The number of hydrogen-bond acceptors (Lipinski definition) is 6. The number of para-hydroxylation sites is 1. The Morgan fingerprint density at radius 1 is 1.04 bits per heavy atom. The Balaban J connectivity index is 1.99. The van der Waals surface area contributed by atoms with Crippen LogP contribution in [0.1, 0.15) is 49.5 Å². The molecule has 0 aliphatic carbocycles. The fourth-order valence-corrected chi connectivity index (χ4v) is 3.10. The fraction of sp³-hybridized carbons (Fsp3) is 0.375. The highest BCUT2D eigenvalue weighted by Crippen LogP contribution is 2.38. The SMILES string of the molecule is CC(C)c1noc(C(C)Sc2nc(C(F)(F)F)nc3ccccc23)n1. The average Bonchev–Trinajstić information content (AvgIpc) is 3.04. The molecule has 2 heterocycles. The van der Waals surface area contributed by atoms with Gasteiger partial charge in [-0.2, -0.15) is 18.2 Å². The lowest BCUT2D eigenvalue weighted by atomic mass is 10.2. The summed E-state index contributed by atoms with van der Waals surface area (Å²) >= 11 is 1.13. The summed E-state index contributed by atoms with van der Waals surface area (Å²) < 4.78 is 44.4. The molecule has 1 atom stereocenters. The molecule has 0 aliphatic rings. The van der Waals surface area contributed by atoms with Crippen LogP contribution < -0.4 is 0 Å². The van der Waals surface area contributed by atoms with Gasteiger partial charge < -0.3 is 4.52 Å². The molecule has 0 aliphatic heterocycles. The van der Waals surface area contributed by atoms with Crippen LogP contribution in [0, 0.1) is 0 Å². The minimum atomic E-state index is -4.61. The number of aromatic nitrogens is 4. The van der Waals surface area contributed by atoms with Gasteiger partial charge in [0.15, 0.2) is 5.82 Å². The van der Waals surface area contributed by atoms with Crippen molar-refractivity contribution >= 4 is 22.7 Å². The van der Waals surface area contributed by atoms with Gasteiger partial charge in [0.1, 0.15) is 5.03 Å². The summed E-state index contributed by atoms with van der Waals surface area (Å²) in [6.45, 7) is 5.65. The Morgan fingerprint density at radius 2 is 1.76 bits per heavy atom. The van der Waals surface area contributed by atoms with E-state index in [0.29, 0.717) is 17.1 Å². The van der Waals surface area contributed by atoms with E-state index in [4.69, 9.17) is 4.52 Å². The Labute approximate surface area is 146 Å². The Morgan fingerprint density at radius 3 is 2.40 bits per heavy atom. The zero-order valence-electron chi connectivity index (χ0n) is 13.7. The minimum absolute atomic E-state index is 0.103. The van der Waals surface area contributed by atoms with E-state index in [1.807, 2.05) is 13.8 Å². The summed E-state index contributed by atoms with van der Waals surface area (Å²) in [5.41, 5.74) is 0.243. The molecule has 3 aromatic rings. The lowest BCUT2D eigenvalue weighted by Crippen LogP contribution is -2.12. The second kappa shape index (κ2) is 6.62. The summed E-state index contributed by atoms with van der Waals surface area (Å²) in [6, 6.07) is 6.60. The van der Waals surface area contributed by atoms with Crippen LogP contribution in [-0.2, 0) is 6.18 Å². The highest BCUT2D eigenvalue weighted by molar-refractivity contribution is 7.99. The molecule has 0 amide bonds. The van der Waals surface area contributed by atoms with Crippen LogP contribution >= 0.6 is 11.8 Å². The van der Waals surface area contributed by atoms with Crippen molar-refractivity contribution in [3.63, 3.8) is 0 Å². The Bertz CT molecular complexity index is 894. The molecule has 1 unspecified atom stereocenters. The van der Waals surface area contributed by atoms with Gasteiger partial charge in [0.2, 0.25) is 11.7 Å². The predicted octanol–water partition coefficient (Wildman–Crippen LogP) is 5.01. The molecule has 0 spiro atoms. The van der Waals surface area contributed by atoms with Crippen LogP contribution in [-0.4, -0.2) is 20.1 Å². The number of hydrogen-bond donors (Lipinski definition) is 0. The monoisotopic (exact) mass is 368 g/mol. The van der Waals surface area contributed by atoms with Gasteiger partial charge in [-0.05, 0) is 13.0 Å². The van der Waals surface area contributed by atoms with Crippen molar-refractivity contribution in [1.29, 1.82) is 0 Å². The number of thioether (sulfide) groups is 1. The third-order valence-electron chi connectivity index (χ3n) is 3.43. The quantitative estimate of drug-likeness (QED) is 0.476. The van der Waals surface area contributed by atoms with Crippen LogP contribution in [0.25, 0.3) is 10.9 Å². The van der Waals surface area contributed by atoms with E-state index in [1.165, 1.54) is 6.07 Å². The van der Waals surface area contributed by atoms with Crippen molar-refractivity contribution in [2.24, 2.45) is 0 Å². The van der Waals surface area contributed by atoms with Crippen molar-refractivity contribution in [2.75, 3.05) is 0 Å². The molecule has 0 N–H and O–H groups in total. The van der Waals surface area contributed by atoms with E-state index >= 15 is 0 Å². The van der Waals surface area contributed by atoms with Gasteiger partial charge >= 0.3 is 6.18 Å². The predicted molar refractivity (Wildman–Crippen MR) is 87.2 cm³/mol. The van der Waals surface area contributed by atoms with Gasteiger partial charge in [-0.1, -0.05) is 49.0 Å². The largest absolute Gasteiger partial charge is 0.451 e. The highest BCUT2D eigenvalue weighted by Gasteiger charge is 2.36. The van der Waals surface area contributed by atoms with Crippen LogP contribution in [0.3, 0.4) is 0 Å². The fourth-order valence-electron chi connectivity index (χ4n) is 2.13. The second-order valence-electron chi connectivity index (χ2n) is 5.77. The number of halogens is 3. The van der Waals surface area contributed by atoms with E-state index in [1.54, 1.807) is 25.1 Å². The summed E-state index contributed by atoms with van der Waals surface area (Å²) in [5, 5.41) is 4.32. The first kappa shape index (κ1) is 17.7. The van der Waals surface area contributed by atoms with Crippen LogP contribution in [0.2, 0.25) is 0 Å². The number of alkyl halides is 3. The standard InChI is InChI=1S/C16H15F3N4OS/c1-8(2)12-21-13(24-23-12)9(3)25-14-10-6-4-5-7-11(10)20-15(22-14)16(17,18)19/h4-9H,1-3H3. The van der Waals surface area contributed by atoms with E-state index in [9.17, 15) is 13.2 Å². The second-order valence-corrected chi connectivity index (χ2v) is 7.10. The normalized spacial score (nSPS) is 13.6. The maximum Gasteiger partial charge on any atom is 0.451 e. The molecule has 0 fully saturated rings. The van der Waals surface area contributed by atoms with Gasteiger partial charge in [0, 0.05) is 11.3 Å². The maximum atomic E-state index is 13.1. The molecule has 132 valence electrons. The molecule has 0 radical (unpaired) electrons. The van der Waals surface area contributed by atoms with E-state index in [0.717, 1.165) is 11.8 Å². The molecule has 0 saturated heterocycles.